The molecule has 3 fully saturated rings. The summed E-state index contributed by atoms with van der Waals surface area (Å²) in [4.78, 5) is 20.3. The molecule has 2 saturated heterocycles. The number of aromatic nitrogens is 1. The largest absolute Gasteiger partial charge is 0.496 e. The van der Waals surface area contributed by atoms with Crippen molar-refractivity contribution in [1.29, 1.82) is 0 Å². The van der Waals surface area contributed by atoms with Gasteiger partial charge in [-0.15, -0.1) is 0 Å². The van der Waals surface area contributed by atoms with E-state index in [4.69, 9.17) is 14.2 Å². The number of nitrogens with one attached hydrogen (secondary N) is 1. The second kappa shape index (κ2) is 10.0. The molecule has 1 aromatic carbocycles. The average molecular weight is 504 g/mol. The molecule has 4 aliphatic rings. The van der Waals surface area contributed by atoms with E-state index in [1.807, 2.05) is 54.8 Å². The van der Waals surface area contributed by atoms with Gasteiger partial charge in [0.05, 0.1) is 24.7 Å². The van der Waals surface area contributed by atoms with E-state index in [1.165, 1.54) is 0 Å². The van der Waals surface area contributed by atoms with Gasteiger partial charge in [-0.1, -0.05) is 36.4 Å². The summed E-state index contributed by atoms with van der Waals surface area (Å²) in [7, 11) is 1.68. The highest BCUT2D eigenvalue weighted by molar-refractivity contribution is 5.99. The van der Waals surface area contributed by atoms with Crippen LogP contribution in [-0.2, 0) is 14.3 Å². The van der Waals surface area contributed by atoms with Crippen LogP contribution in [0.3, 0.4) is 0 Å². The highest BCUT2D eigenvalue weighted by Crippen LogP contribution is 2.54. The second-order valence-corrected chi connectivity index (χ2v) is 10.3. The number of carbonyl (C=O) groups is 1. The Kier molecular flexibility index (Phi) is 6.58. The third-order valence-corrected chi connectivity index (χ3v) is 8.03. The third-order valence-electron chi connectivity index (χ3n) is 8.03. The quantitative estimate of drug-likeness (QED) is 0.597. The molecule has 1 aromatic heterocycles. The van der Waals surface area contributed by atoms with Gasteiger partial charge in [-0.2, -0.15) is 0 Å². The molecule has 1 saturated carbocycles. The highest BCUT2D eigenvalue weighted by Gasteiger charge is 2.53. The van der Waals surface area contributed by atoms with Crippen molar-refractivity contribution in [2.24, 2.45) is 5.41 Å². The molecule has 3 atom stereocenters. The highest BCUT2D eigenvalue weighted by atomic mass is 16.7. The molecule has 8 nitrogen and oxygen atoms in total. The Morgan fingerprint density at radius 2 is 1.95 bits per heavy atom. The number of aliphatic hydroxyl groups excluding tert-OH is 1. The Bertz CT molecular complexity index is 1200. The van der Waals surface area contributed by atoms with Gasteiger partial charge in [0, 0.05) is 24.8 Å². The SMILES string of the molecule is COc1ccccc1C(c1ccc(NC(=O)C2(C3=CC4OCOC4C=C3)CC2)nc1)N1CCC(O)CC1. The normalized spacial score (nSPS) is 25.7. The Morgan fingerprint density at radius 3 is 2.68 bits per heavy atom. The number of aliphatic hydroxyl groups is 1. The lowest BCUT2D eigenvalue weighted by Gasteiger charge is -2.37. The molecule has 2 N–H and O–H groups in total. The van der Waals surface area contributed by atoms with Crippen LogP contribution < -0.4 is 10.1 Å². The fraction of sp³-hybridized carbons (Fsp3) is 0.448. The maximum atomic E-state index is 13.3. The molecule has 1 amide bonds. The van der Waals surface area contributed by atoms with Crippen LogP contribution in [0.25, 0.3) is 0 Å². The Morgan fingerprint density at radius 1 is 1.16 bits per heavy atom. The number of hydrogen-bond donors (Lipinski definition) is 2. The summed E-state index contributed by atoms with van der Waals surface area (Å²) in [5, 5.41) is 13.1. The first-order valence-corrected chi connectivity index (χ1v) is 13.0. The minimum Gasteiger partial charge on any atom is -0.496 e. The van der Waals surface area contributed by atoms with Crippen molar-refractivity contribution < 1.29 is 24.1 Å². The number of anilines is 1. The third kappa shape index (κ3) is 4.70. The van der Waals surface area contributed by atoms with Gasteiger partial charge in [0.1, 0.15) is 30.6 Å². The van der Waals surface area contributed by atoms with Crippen LogP contribution in [0.15, 0.2) is 66.4 Å². The van der Waals surface area contributed by atoms with Gasteiger partial charge in [0.2, 0.25) is 5.91 Å². The van der Waals surface area contributed by atoms with Crippen LogP contribution in [0, 0.1) is 5.41 Å². The van der Waals surface area contributed by atoms with Crippen LogP contribution >= 0.6 is 0 Å². The summed E-state index contributed by atoms with van der Waals surface area (Å²) in [6, 6.07) is 11.9. The van der Waals surface area contributed by atoms with Crippen molar-refractivity contribution in [2.75, 3.05) is 32.3 Å². The maximum absolute atomic E-state index is 13.3. The van der Waals surface area contributed by atoms with Crippen molar-refractivity contribution in [1.82, 2.24) is 9.88 Å². The number of ether oxygens (including phenoxy) is 3. The molecular formula is C29H33N3O5. The predicted molar refractivity (Wildman–Crippen MR) is 138 cm³/mol. The number of carbonyl (C=O) groups excluding carboxylic acids is 1. The van der Waals surface area contributed by atoms with Crippen molar-refractivity contribution in [2.45, 2.75) is 50.0 Å². The summed E-state index contributed by atoms with van der Waals surface area (Å²) >= 11 is 0. The van der Waals surface area contributed by atoms with Gasteiger partial charge in [-0.05, 0) is 55.0 Å². The number of likely N-dealkylation sites (tertiary alicyclic amines) is 1. The van der Waals surface area contributed by atoms with Gasteiger partial charge in [-0.25, -0.2) is 4.98 Å². The van der Waals surface area contributed by atoms with E-state index in [0.717, 1.165) is 61.2 Å². The van der Waals surface area contributed by atoms with E-state index in [1.54, 1.807) is 7.11 Å². The van der Waals surface area contributed by atoms with E-state index in [2.05, 4.69) is 21.3 Å². The van der Waals surface area contributed by atoms with E-state index < -0.39 is 5.41 Å². The number of pyridine rings is 1. The van der Waals surface area contributed by atoms with Crippen molar-refractivity contribution in [3.63, 3.8) is 0 Å². The summed E-state index contributed by atoms with van der Waals surface area (Å²) < 4.78 is 16.8. The lowest BCUT2D eigenvalue weighted by molar-refractivity contribution is -0.119. The number of rotatable bonds is 7. The Balaban J connectivity index is 1.21. The molecule has 3 heterocycles. The predicted octanol–water partition coefficient (Wildman–Crippen LogP) is 3.59. The van der Waals surface area contributed by atoms with E-state index in [0.29, 0.717) is 5.82 Å². The number of nitrogens with zero attached hydrogens (tertiary/aromatic N) is 2. The monoisotopic (exact) mass is 503 g/mol. The van der Waals surface area contributed by atoms with Crippen LogP contribution in [0.5, 0.6) is 5.75 Å². The lowest BCUT2D eigenvalue weighted by Crippen LogP contribution is -2.39. The maximum Gasteiger partial charge on any atom is 0.236 e. The smallest absolute Gasteiger partial charge is 0.236 e. The molecule has 3 unspecified atom stereocenters. The number of para-hydroxylation sites is 1. The Labute approximate surface area is 216 Å². The molecule has 8 heteroatoms. The van der Waals surface area contributed by atoms with Crippen molar-refractivity contribution >= 4 is 11.7 Å². The zero-order chi connectivity index (χ0) is 25.4. The molecule has 37 heavy (non-hydrogen) atoms. The molecule has 0 spiro atoms. The van der Waals surface area contributed by atoms with Crippen LogP contribution in [0.1, 0.15) is 42.9 Å². The molecule has 0 radical (unpaired) electrons. The van der Waals surface area contributed by atoms with Gasteiger partial charge >= 0.3 is 0 Å². The summed E-state index contributed by atoms with van der Waals surface area (Å²) in [5.74, 6) is 1.32. The number of fused-ring (bicyclic) bond motifs is 1. The molecule has 2 aliphatic carbocycles. The van der Waals surface area contributed by atoms with Crippen LogP contribution in [0.4, 0.5) is 5.82 Å². The minimum absolute atomic E-state index is 0.0349. The number of benzene rings is 1. The summed E-state index contributed by atoms with van der Waals surface area (Å²) in [6.45, 7) is 1.85. The molecule has 194 valence electrons. The number of allylic oxidation sites excluding steroid dienone is 1. The molecule has 2 aliphatic heterocycles. The van der Waals surface area contributed by atoms with Crippen molar-refractivity contribution in [3.05, 3.63) is 77.5 Å². The average Bonchev–Trinajstić information content (AvgIpc) is 3.62. The number of methoxy groups -OCH3 is 1. The topological polar surface area (TPSA) is 93.2 Å². The number of piperidine rings is 1. The molecule has 2 aromatic rings. The first-order chi connectivity index (χ1) is 18.1. The Hall–Kier alpha value is -3.04. The first-order valence-electron chi connectivity index (χ1n) is 13.0. The van der Waals surface area contributed by atoms with Gasteiger partial charge in [0.15, 0.2) is 0 Å². The number of hydrogen-bond acceptors (Lipinski definition) is 7. The second-order valence-electron chi connectivity index (χ2n) is 10.3. The van der Waals surface area contributed by atoms with E-state index in [-0.39, 0.29) is 37.1 Å². The summed E-state index contributed by atoms with van der Waals surface area (Å²) in [6.07, 6.45) is 10.5. The number of amides is 1. The zero-order valence-electron chi connectivity index (χ0n) is 21.0. The lowest BCUT2D eigenvalue weighted by atomic mass is 9.88. The first kappa shape index (κ1) is 24.3. The van der Waals surface area contributed by atoms with E-state index in [9.17, 15) is 9.90 Å². The molecular weight excluding hydrogens is 470 g/mol. The molecule has 0 bridgehead atoms. The fourth-order valence-corrected chi connectivity index (χ4v) is 5.72. The van der Waals surface area contributed by atoms with Crippen molar-refractivity contribution in [3.8, 4) is 5.75 Å². The van der Waals surface area contributed by atoms with Gasteiger partial charge in [-0.3, -0.25) is 9.69 Å². The van der Waals surface area contributed by atoms with Gasteiger partial charge in [0.25, 0.3) is 0 Å². The molecule has 6 rings (SSSR count). The van der Waals surface area contributed by atoms with Crippen LogP contribution in [0.2, 0.25) is 0 Å². The zero-order valence-corrected chi connectivity index (χ0v) is 21.0. The fourth-order valence-electron chi connectivity index (χ4n) is 5.72. The van der Waals surface area contributed by atoms with Gasteiger partial charge < -0.3 is 24.6 Å². The standard InChI is InChI=1S/C29H33N3O5/c1-35-23-5-3-2-4-22(23)27(32-14-10-21(33)11-15-32)19-6-9-26(30-17-19)31-28(34)29(12-13-29)20-7-8-24-25(16-20)37-18-36-24/h2-9,16-17,21,24-25,27,33H,10-15,18H2,1H3,(H,30,31,34). The minimum atomic E-state index is -0.525. The van der Waals surface area contributed by atoms with E-state index >= 15 is 0 Å². The summed E-state index contributed by atoms with van der Waals surface area (Å²) in [5.41, 5.74) is 2.55. The van der Waals surface area contributed by atoms with Crippen LogP contribution in [-0.4, -0.2) is 66.2 Å².